The van der Waals surface area contributed by atoms with Gasteiger partial charge in [-0.3, -0.25) is 4.79 Å². The molecule has 30 heavy (non-hydrogen) atoms. The molecule has 0 unspecified atom stereocenters. The van der Waals surface area contributed by atoms with Crippen LogP contribution in [-0.4, -0.2) is 51.4 Å². The number of aliphatic carboxylic acids is 2. The smallest absolute Gasteiger partial charge is 0.328 e. The summed E-state index contributed by atoms with van der Waals surface area (Å²) in [6.07, 6.45) is 4.01. The summed E-state index contributed by atoms with van der Waals surface area (Å²) in [5.74, 6) is -2.77. The number of piperidine rings is 1. The highest BCUT2D eigenvalue weighted by molar-refractivity contribution is 5.89. The first-order chi connectivity index (χ1) is 14.3. The highest BCUT2D eigenvalue weighted by atomic mass is 19.1. The van der Waals surface area contributed by atoms with Crippen molar-refractivity contribution in [2.24, 2.45) is 0 Å². The molecule has 1 aliphatic heterocycles. The fourth-order valence-electron chi connectivity index (χ4n) is 2.98. The van der Waals surface area contributed by atoms with Crippen molar-refractivity contribution in [3.05, 3.63) is 41.9 Å². The third-order valence-corrected chi connectivity index (χ3v) is 4.36. The second-order valence-corrected chi connectivity index (χ2v) is 6.63. The van der Waals surface area contributed by atoms with Crippen LogP contribution in [0.3, 0.4) is 0 Å². The Morgan fingerprint density at radius 3 is 2.43 bits per heavy atom. The molecule has 3 rings (SSSR count). The minimum Gasteiger partial charge on any atom is -0.478 e. The zero-order chi connectivity index (χ0) is 22.1. The molecule has 0 saturated carbocycles. The standard InChI is InChI=1S/C16H19FN2O3.C4H4O4/c1-2-3-15(20)22-19-8-6-11(7-9-19)16-13-5-4-12(17)10-14(13)21-18-16;5-3(6)1-2-4(7)8/h4-5,10-11H,2-3,6-9H2,1H3;1-2H,(H,5,6)(H,7,8). The van der Waals surface area contributed by atoms with E-state index in [9.17, 15) is 18.8 Å². The fourth-order valence-corrected chi connectivity index (χ4v) is 2.98. The van der Waals surface area contributed by atoms with Crippen molar-refractivity contribution in [2.75, 3.05) is 13.1 Å². The number of aromatic nitrogens is 1. The molecular weight excluding hydrogens is 399 g/mol. The number of nitrogens with zero attached hydrogens (tertiary/aromatic N) is 2. The number of benzene rings is 1. The van der Waals surface area contributed by atoms with Crippen LogP contribution in [0.15, 0.2) is 34.9 Å². The lowest BCUT2D eigenvalue weighted by Gasteiger charge is -2.29. The third kappa shape index (κ3) is 6.96. The predicted octanol–water partition coefficient (Wildman–Crippen LogP) is 3.12. The van der Waals surface area contributed by atoms with E-state index >= 15 is 0 Å². The number of hydrogen-bond donors (Lipinski definition) is 2. The molecule has 0 bridgehead atoms. The average Bonchev–Trinajstić information content (AvgIpc) is 3.10. The Morgan fingerprint density at radius 2 is 1.87 bits per heavy atom. The summed E-state index contributed by atoms with van der Waals surface area (Å²) in [7, 11) is 0. The van der Waals surface area contributed by atoms with Crippen molar-refractivity contribution in [1.82, 2.24) is 10.2 Å². The van der Waals surface area contributed by atoms with E-state index in [0.29, 0.717) is 37.2 Å². The topological polar surface area (TPSA) is 130 Å². The van der Waals surface area contributed by atoms with Crippen LogP contribution in [0.1, 0.15) is 44.2 Å². The summed E-state index contributed by atoms with van der Waals surface area (Å²) in [6.45, 7) is 3.30. The summed E-state index contributed by atoms with van der Waals surface area (Å²) >= 11 is 0. The summed E-state index contributed by atoms with van der Waals surface area (Å²) in [6, 6.07) is 4.49. The maximum Gasteiger partial charge on any atom is 0.328 e. The number of rotatable bonds is 6. The van der Waals surface area contributed by atoms with E-state index in [4.69, 9.17) is 19.6 Å². The van der Waals surface area contributed by atoms with E-state index in [0.717, 1.165) is 30.3 Å². The molecule has 2 aromatic rings. The highest BCUT2D eigenvalue weighted by Gasteiger charge is 2.26. The Labute approximate surface area is 171 Å². The first kappa shape index (κ1) is 23.0. The number of hydrogen-bond acceptors (Lipinski definition) is 7. The molecule has 0 radical (unpaired) electrons. The quantitative estimate of drug-likeness (QED) is 0.674. The molecule has 9 nitrogen and oxygen atoms in total. The molecule has 0 atom stereocenters. The van der Waals surface area contributed by atoms with Gasteiger partial charge in [0.25, 0.3) is 0 Å². The normalized spacial score (nSPS) is 15.0. The van der Waals surface area contributed by atoms with Gasteiger partial charge in [-0.2, -0.15) is 0 Å². The first-order valence-electron chi connectivity index (χ1n) is 9.44. The molecule has 0 spiro atoms. The maximum absolute atomic E-state index is 13.2. The van der Waals surface area contributed by atoms with E-state index < -0.39 is 11.9 Å². The van der Waals surface area contributed by atoms with Gasteiger partial charge in [0.05, 0.1) is 5.69 Å². The lowest BCUT2D eigenvalue weighted by atomic mass is 9.92. The molecule has 2 heterocycles. The van der Waals surface area contributed by atoms with Crippen LogP contribution >= 0.6 is 0 Å². The van der Waals surface area contributed by atoms with Gasteiger partial charge in [-0.05, 0) is 31.4 Å². The highest BCUT2D eigenvalue weighted by Crippen LogP contribution is 2.32. The van der Waals surface area contributed by atoms with E-state index in [1.54, 1.807) is 11.1 Å². The Kier molecular flexibility index (Phi) is 8.48. The zero-order valence-electron chi connectivity index (χ0n) is 16.4. The van der Waals surface area contributed by atoms with Crippen LogP contribution in [0.25, 0.3) is 11.0 Å². The molecule has 1 fully saturated rings. The van der Waals surface area contributed by atoms with E-state index in [2.05, 4.69) is 5.16 Å². The van der Waals surface area contributed by atoms with Crippen molar-refractivity contribution in [2.45, 2.75) is 38.5 Å². The van der Waals surface area contributed by atoms with Gasteiger partial charge in [-0.1, -0.05) is 12.1 Å². The minimum atomic E-state index is -1.26. The molecule has 1 saturated heterocycles. The van der Waals surface area contributed by atoms with Crippen LogP contribution in [0.4, 0.5) is 4.39 Å². The number of carboxylic acids is 2. The molecule has 10 heteroatoms. The minimum absolute atomic E-state index is 0.177. The van der Waals surface area contributed by atoms with Crippen molar-refractivity contribution >= 4 is 28.9 Å². The Bertz CT molecular complexity index is 901. The average molecular weight is 422 g/mol. The Morgan fingerprint density at radius 1 is 1.23 bits per heavy atom. The van der Waals surface area contributed by atoms with Gasteiger partial charge in [0.2, 0.25) is 0 Å². The maximum atomic E-state index is 13.2. The molecule has 162 valence electrons. The summed E-state index contributed by atoms with van der Waals surface area (Å²) in [5.41, 5.74) is 1.35. The second-order valence-electron chi connectivity index (χ2n) is 6.63. The SMILES string of the molecule is CCCC(=O)ON1CCC(c2noc3cc(F)ccc23)CC1.O=C(O)C=CC(=O)O. The molecule has 1 aromatic carbocycles. The van der Waals surface area contributed by atoms with Crippen molar-refractivity contribution in [3.63, 3.8) is 0 Å². The lowest BCUT2D eigenvalue weighted by molar-refractivity contribution is -0.195. The van der Waals surface area contributed by atoms with Crippen LogP contribution in [-0.2, 0) is 19.2 Å². The number of carboxylic acid groups (broad SMARTS) is 2. The van der Waals surface area contributed by atoms with Crippen LogP contribution in [0.5, 0.6) is 0 Å². The second kappa shape index (κ2) is 11.1. The molecule has 0 aliphatic carbocycles. The van der Waals surface area contributed by atoms with Crippen molar-refractivity contribution < 1.29 is 38.3 Å². The molecule has 1 aromatic heterocycles. The van der Waals surface area contributed by atoms with Gasteiger partial charge in [-0.15, -0.1) is 5.06 Å². The molecular formula is C20H23FN2O7. The van der Waals surface area contributed by atoms with E-state index in [-0.39, 0.29) is 17.7 Å². The number of halogens is 1. The van der Waals surface area contributed by atoms with Crippen molar-refractivity contribution in [1.29, 1.82) is 0 Å². The number of carbonyl (C=O) groups is 3. The summed E-state index contributed by atoms with van der Waals surface area (Å²) < 4.78 is 18.4. The Balaban J connectivity index is 0.000000343. The van der Waals surface area contributed by atoms with Crippen LogP contribution < -0.4 is 0 Å². The van der Waals surface area contributed by atoms with Gasteiger partial charge in [-0.25, -0.2) is 14.0 Å². The van der Waals surface area contributed by atoms with E-state index in [1.807, 2.05) is 6.92 Å². The molecule has 2 N–H and O–H groups in total. The van der Waals surface area contributed by atoms with Crippen molar-refractivity contribution in [3.8, 4) is 0 Å². The Hall–Kier alpha value is -3.27. The van der Waals surface area contributed by atoms with Crippen LogP contribution in [0.2, 0.25) is 0 Å². The van der Waals surface area contributed by atoms with Gasteiger partial charge in [0.15, 0.2) is 5.58 Å². The summed E-state index contributed by atoms with van der Waals surface area (Å²) in [4.78, 5) is 35.9. The fraction of sp³-hybridized carbons (Fsp3) is 0.400. The monoisotopic (exact) mass is 422 g/mol. The number of fused-ring (bicyclic) bond motifs is 1. The first-order valence-corrected chi connectivity index (χ1v) is 9.44. The number of carbonyl (C=O) groups excluding carboxylic acids is 1. The van der Waals surface area contributed by atoms with Crippen LogP contribution in [0, 0.1) is 5.82 Å². The largest absolute Gasteiger partial charge is 0.478 e. The van der Waals surface area contributed by atoms with Gasteiger partial charge in [0.1, 0.15) is 5.82 Å². The molecule has 0 amide bonds. The molecule has 1 aliphatic rings. The van der Waals surface area contributed by atoms with Gasteiger partial charge in [0, 0.05) is 49.0 Å². The van der Waals surface area contributed by atoms with Gasteiger partial charge >= 0.3 is 17.9 Å². The lowest BCUT2D eigenvalue weighted by Crippen LogP contribution is -2.35. The van der Waals surface area contributed by atoms with E-state index in [1.165, 1.54) is 12.1 Å². The van der Waals surface area contributed by atoms with Gasteiger partial charge < -0.3 is 19.6 Å². The zero-order valence-corrected chi connectivity index (χ0v) is 16.4. The summed E-state index contributed by atoms with van der Waals surface area (Å²) in [5, 5.41) is 22.3. The number of hydroxylamine groups is 2. The third-order valence-electron chi connectivity index (χ3n) is 4.36. The predicted molar refractivity (Wildman–Crippen MR) is 103 cm³/mol.